The van der Waals surface area contributed by atoms with E-state index in [4.69, 9.17) is 9.47 Å². The van der Waals surface area contributed by atoms with Gasteiger partial charge in [-0.25, -0.2) is 0 Å². The summed E-state index contributed by atoms with van der Waals surface area (Å²) in [6.45, 7) is 7.60. The van der Waals surface area contributed by atoms with E-state index in [1.165, 1.54) is 18.4 Å². The lowest BCUT2D eigenvalue weighted by atomic mass is 10.0. The van der Waals surface area contributed by atoms with Gasteiger partial charge >= 0.3 is 5.97 Å². The molecule has 4 nitrogen and oxygen atoms in total. The van der Waals surface area contributed by atoms with E-state index in [0.717, 1.165) is 75.8 Å². The van der Waals surface area contributed by atoms with Gasteiger partial charge in [-0.2, -0.15) is 0 Å². The van der Waals surface area contributed by atoms with E-state index in [1.807, 2.05) is 18.2 Å². The molecule has 0 bridgehead atoms. The zero-order chi connectivity index (χ0) is 22.9. The number of aryl methyl sites for hydroxylation is 1. The molecule has 0 saturated carbocycles. The fraction of sp³-hybridized carbons (Fsp3) is 0.500. The highest BCUT2D eigenvalue weighted by Gasteiger charge is 2.06. The number of hydrogen-bond acceptors (Lipinski definition) is 4. The van der Waals surface area contributed by atoms with Gasteiger partial charge in [-0.05, 0) is 62.6 Å². The number of nitrogens with zero attached hydrogens (tertiary/aromatic N) is 1. The molecule has 0 fully saturated rings. The first kappa shape index (κ1) is 25.8. The molecule has 2 rings (SSSR count). The van der Waals surface area contributed by atoms with Crippen molar-refractivity contribution >= 4 is 5.97 Å². The van der Waals surface area contributed by atoms with Gasteiger partial charge in [-0.15, -0.1) is 6.58 Å². The third-order valence-corrected chi connectivity index (χ3v) is 5.36. The van der Waals surface area contributed by atoms with E-state index < -0.39 is 0 Å². The van der Waals surface area contributed by atoms with Crippen LogP contribution in [0, 0.1) is 0 Å². The summed E-state index contributed by atoms with van der Waals surface area (Å²) in [5.41, 5.74) is 3.30. The van der Waals surface area contributed by atoms with Gasteiger partial charge in [0.15, 0.2) is 0 Å². The van der Waals surface area contributed by atoms with Crippen LogP contribution in [0.3, 0.4) is 0 Å². The molecule has 174 valence electrons. The predicted molar refractivity (Wildman–Crippen MR) is 132 cm³/mol. The Morgan fingerprint density at radius 3 is 2.44 bits per heavy atom. The fourth-order valence-corrected chi connectivity index (χ4v) is 3.50. The lowest BCUT2D eigenvalue weighted by molar-refractivity contribution is -0.134. The molecule has 0 radical (unpaired) electrons. The highest BCUT2D eigenvalue weighted by atomic mass is 16.5. The first-order valence-electron chi connectivity index (χ1n) is 12.2. The first-order chi connectivity index (χ1) is 15.7. The molecule has 4 heteroatoms. The molecule has 0 amide bonds. The van der Waals surface area contributed by atoms with E-state index in [0.29, 0.717) is 12.2 Å². The van der Waals surface area contributed by atoms with Crippen molar-refractivity contribution in [2.24, 2.45) is 0 Å². The van der Waals surface area contributed by atoms with Crippen LogP contribution in [-0.4, -0.2) is 24.2 Å². The van der Waals surface area contributed by atoms with Gasteiger partial charge in [-0.1, -0.05) is 56.5 Å². The van der Waals surface area contributed by atoms with Gasteiger partial charge in [0.2, 0.25) is 0 Å². The van der Waals surface area contributed by atoms with Crippen molar-refractivity contribution in [2.75, 3.05) is 13.2 Å². The Balaban J connectivity index is 1.69. The van der Waals surface area contributed by atoms with E-state index >= 15 is 0 Å². The second kappa shape index (κ2) is 16.2. The van der Waals surface area contributed by atoms with E-state index in [-0.39, 0.29) is 5.97 Å². The lowest BCUT2D eigenvalue weighted by Crippen LogP contribution is -2.07. The number of carbonyl (C=O) groups excluding carboxylic acids is 1. The highest BCUT2D eigenvalue weighted by Crippen LogP contribution is 2.21. The summed E-state index contributed by atoms with van der Waals surface area (Å²) in [5.74, 6) is 0.314. The molecule has 0 aliphatic carbocycles. The van der Waals surface area contributed by atoms with Gasteiger partial charge in [0.1, 0.15) is 5.75 Å². The van der Waals surface area contributed by atoms with Crippen LogP contribution in [-0.2, 0) is 16.0 Å². The Kier molecular flexibility index (Phi) is 13.1. The number of rotatable bonds is 17. The average molecular weight is 438 g/mol. The normalized spacial score (nSPS) is 10.8. The van der Waals surface area contributed by atoms with Gasteiger partial charge in [0.25, 0.3) is 0 Å². The van der Waals surface area contributed by atoms with Gasteiger partial charge < -0.3 is 9.47 Å². The molecule has 1 heterocycles. The zero-order valence-corrected chi connectivity index (χ0v) is 19.7. The molecule has 0 unspecified atom stereocenters. The van der Waals surface area contributed by atoms with E-state index in [2.05, 4.69) is 42.8 Å². The number of hydrogen-bond donors (Lipinski definition) is 0. The molecule has 2 aromatic rings. The topological polar surface area (TPSA) is 48.4 Å². The van der Waals surface area contributed by atoms with Crippen molar-refractivity contribution in [1.82, 2.24) is 4.98 Å². The number of ether oxygens (including phenoxy) is 2. The van der Waals surface area contributed by atoms with Gasteiger partial charge in [-0.3, -0.25) is 9.78 Å². The molecule has 0 aliphatic rings. The summed E-state index contributed by atoms with van der Waals surface area (Å²) >= 11 is 0. The van der Waals surface area contributed by atoms with Crippen LogP contribution >= 0.6 is 0 Å². The fourth-order valence-electron chi connectivity index (χ4n) is 3.50. The molecule has 0 aliphatic heterocycles. The monoisotopic (exact) mass is 437 g/mol. The predicted octanol–water partition coefficient (Wildman–Crippen LogP) is 7.32. The maximum atomic E-state index is 12.0. The van der Waals surface area contributed by atoms with Gasteiger partial charge in [0.05, 0.1) is 11.9 Å². The quantitative estimate of drug-likeness (QED) is 0.148. The highest BCUT2D eigenvalue weighted by molar-refractivity contribution is 5.72. The number of aromatic nitrogens is 1. The largest absolute Gasteiger partial charge is 0.425 e. The summed E-state index contributed by atoms with van der Waals surface area (Å²) < 4.78 is 10.9. The van der Waals surface area contributed by atoms with E-state index in [9.17, 15) is 4.79 Å². The molecule has 0 N–H and O–H groups in total. The number of pyridine rings is 1. The van der Waals surface area contributed by atoms with Crippen molar-refractivity contribution in [3.05, 3.63) is 60.8 Å². The smallest absolute Gasteiger partial charge is 0.311 e. The standard InChI is InChI=1S/C28H39NO3/c1-3-5-6-7-8-11-14-28(30)32-26-19-20-27(29-23-26)25-17-15-24(16-18-25)13-10-9-12-22-31-21-4-2/h3,15-20,23H,1,4-14,21-22H2,2H3. The van der Waals surface area contributed by atoms with Crippen LogP contribution in [0.1, 0.15) is 76.7 Å². The second-order valence-corrected chi connectivity index (χ2v) is 8.21. The van der Waals surface area contributed by atoms with Crippen LogP contribution < -0.4 is 4.74 Å². The van der Waals surface area contributed by atoms with Crippen LogP contribution in [0.4, 0.5) is 0 Å². The Labute approximate surface area is 194 Å². The summed E-state index contributed by atoms with van der Waals surface area (Å²) in [6.07, 6.45) is 14.9. The Morgan fingerprint density at radius 2 is 1.72 bits per heavy atom. The summed E-state index contributed by atoms with van der Waals surface area (Å²) in [4.78, 5) is 16.5. The van der Waals surface area contributed by atoms with Crippen LogP contribution in [0.5, 0.6) is 5.75 Å². The van der Waals surface area contributed by atoms with Crippen molar-refractivity contribution in [3.63, 3.8) is 0 Å². The number of carbonyl (C=O) groups is 1. The minimum absolute atomic E-state index is 0.190. The Morgan fingerprint density at radius 1 is 0.938 bits per heavy atom. The van der Waals surface area contributed by atoms with Crippen molar-refractivity contribution in [1.29, 1.82) is 0 Å². The number of allylic oxidation sites excluding steroid dienone is 1. The molecule has 0 spiro atoms. The molecular weight excluding hydrogens is 398 g/mol. The molecule has 32 heavy (non-hydrogen) atoms. The summed E-state index contributed by atoms with van der Waals surface area (Å²) in [7, 11) is 0. The first-order valence-corrected chi connectivity index (χ1v) is 12.2. The minimum atomic E-state index is -0.190. The second-order valence-electron chi connectivity index (χ2n) is 8.21. The lowest BCUT2D eigenvalue weighted by Gasteiger charge is -2.07. The zero-order valence-electron chi connectivity index (χ0n) is 19.7. The number of benzene rings is 1. The third kappa shape index (κ3) is 10.7. The van der Waals surface area contributed by atoms with Crippen molar-refractivity contribution in [2.45, 2.75) is 77.6 Å². The average Bonchev–Trinajstić information content (AvgIpc) is 2.82. The Bertz CT molecular complexity index is 768. The summed E-state index contributed by atoms with van der Waals surface area (Å²) in [5, 5.41) is 0. The van der Waals surface area contributed by atoms with Crippen LogP contribution in [0.15, 0.2) is 55.3 Å². The minimum Gasteiger partial charge on any atom is -0.425 e. The summed E-state index contributed by atoms with van der Waals surface area (Å²) in [6, 6.07) is 12.3. The van der Waals surface area contributed by atoms with E-state index in [1.54, 1.807) is 6.20 Å². The van der Waals surface area contributed by atoms with Crippen LogP contribution in [0.2, 0.25) is 0 Å². The van der Waals surface area contributed by atoms with Crippen LogP contribution in [0.25, 0.3) is 11.3 Å². The van der Waals surface area contributed by atoms with Crippen molar-refractivity contribution in [3.8, 4) is 17.0 Å². The third-order valence-electron chi connectivity index (χ3n) is 5.36. The molecule has 1 aromatic heterocycles. The van der Waals surface area contributed by atoms with Crippen molar-refractivity contribution < 1.29 is 14.3 Å². The maximum Gasteiger partial charge on any atom is 0.311 e. The molecule has 0 atom stereocenters. The molecular formula is C28H39NO3. The van der Waals surface area contributed by atoms with Gasteiger partial charge in [0, 0.05) is 25.2 Å². The Hall–Kier alpha value is -2.46. The molecule has 1 aromatic carbocycles. The SMILES string of the molecule is C=CCCCCCCC(=O)Oc1ccc(-c2ccc(CCCCCOCCC)cc2)nc1. The molecule has 0 saturated heterocycles. The maximum absolute atomic E-state index is 12.0. The number of unbranched alkanes of at least 4 members (excludes halogenated alkanes) is 6. The number of esters is 1.